The Bertz CT molecular complexity index is 546. The van der Waals surface area contributed by atoms with Gasteiger partial charge in [0.1, 0.15) is 0 Å². The van der Waals surface area contributed by atoms with Crippen LogP contribution >= 0.6 is 0 Å². The summed E-state index contributed by atoms with van der Waals surface area (Å²) in [6.07, 6.45) is 10.4. The molecule has 0 aliphatic carbocycles. The molecule has 0 saturated carbocycles. The zero-order valence-corrected chi connectivity index (χ0v) is 15.6. The van der Waals surface area contributed by atoms with Crippen molar-refractivity contribution in [2.45, 2.75) is 85.0 Å². The summed E-state index contributed by atoms with van der Waals surface area (Å²) in [7, 11) is 0. The quantitative estimate of drug-likeness (QED) is 0.665. The number of nitrogens with zero attached hydrogens (tertiary/aromatic N) is 1. The van der Waals surface area contributed by atoms with Gasteiger partial charge in [-0.15, -0.1) is 0 Å². The van der Waals surface area contributed by atoms with Crippen LogP contribution in [0.2, 0.25) is 0 Å². The van der Waals surface area contributed by atoms with Gasteiger partial charge in [0.25, 0.3) is 0 Å². The third kappa shape index (κ3) is 5.10. The highest BCUT2D eigenvalue weighted by molar-refractivity contribution is 5.28. The molecule has 2 atom stereocenters. The summed E-state index contributed by atoms with van der Waals surface area (Å²) in [5.74, 6) is 1.15. The summed E-state index contributed by atoms with van der Waals surface area (Å²) >= 11 is 0. The lowest BCUT2D eigenvalue weighted by molar-refractivity contribution is -0.107. The van der Waals surface area contributed by atoms with Gasteiger partial charge in [-0.05, 0) is 31.6 Å². The van der Waals surface area contributed by atoms with Crippen LogP contribution < -0.4 is 10.2 Å². The summed E-state index contributed by atoms with van der Waals surface area (Å²) in [6.45, 7) is 8.26. The first-order valence-corrected chi connectivity index (χ1v) is 9.70. The molecule has 24 heavy (non-hydrogen) atoms. The Hall–Kier alpha value is -1.29. The van der Waals surface area contributed by atoms with Gasteiger partial charge in [-0.2, -0.15) is 0 Å². The smallest absolute Gasteiger partial charge is 0.223 e. The minimum Gasteiger partial charge on any atom is -0.459 e. The van der Waals surface area contributed by atoms with E-state index in [1.165, 1.54) is 19.3 Å². The molecule has 2 unspecified atom stereocenters. The molecule has 0 spiro atoms. The Morgan fingerprint density at radius 1 is 1.33 bits per heavy atom. The molecule has 0 aromatic carbocycles. The van der Waals surface area contributed by atoms with Crippen LogP contribution in [0.25, 0.3) is 0 Å². The fourth-order valence-electron chi connectivity index (χ4n) is 3.39. The summed E-state index contributed by atoms with van der Waals surface area (Å²) in [4.78, 5) is 12.4. The predicted molar refractivity (Wildman–Crippen MR) is 97.6 cm³/mol. The largest absolute Gasteiger partial charge is 0.459 e. The zero-order chi connectivity index (χ0) is 17.4. The lowest BCUT2D eigenvalue weighted by atomic mass is 9.99. The number of hydrogen-bond acceptors (Lipinski definition) is 3. The summed E-state index contributed by atoms with van der Waals surface area (Å²) in [5.41, 5.74) is 0.977. The molecule has 0 bridgehead atoms. The number of rotatable bonds is 9. The van der Waals surface area contributed by atoms with Crippen molar-refractivity contribution in [1.82, 2.24) is 4.57 Å². The van der Waals surface area contributed by atoms with Crippen molar-refractivity contribution in [3.8, 4) is 5.75 Å². The second-order valence-corrected chi connectivity index (χ2v) is 6.79. The van der Waals surface area contributed by atoms with E-state index in [2.05, 4.69) is 25.3 Å². The maximum atomic E-state index is 12.4. The van der Waals surface area contributed by atoms with Crippen molar-refractivity contribution in [2.75, 3.05) is 6.61 Å². The Labute approximate surface area is 146 Å². The van der Waals surface area contributed by atoms with Crippen LogP contribution in [0.4, 0.5) is 0 Å². The molecule has 4 heteroatoms. The summed E-state index contributed by atoms with van der Waals surface area (Å²) < 4.78 is 13.9. The molecule has 2 rings (SSSR count). The molecular formula is C20H33NO3. The van der Waals surface area contributed by atoms with Crippen molar-refractivity contribution < 1.29 is 9.47 Å². The molecule has 0 radical (unpaired) electrons. The van der Waals surface area contributed by atoms with E-state index in [4.69, 9.17) is 9.47 Å². The summed E-state index contributed by atoms with van der Waals surface area (Å²) in [5, 5.41) is 0. The lowest BCUT2D eigenvalue weighted by Gasteiger charge is -2.26. The molecule has 1 saturated heterocycles. The number of aromatic nitrogens is 1. The minimum atomic E-state index is -0.269. The molecule has 1 aromatic heterocycles. The van der Waals surface area contributed by atoms with Crippen LogP contribution in [-0.4, -0.2) is 17.5 Å². The van der Waals surface area contributed by atoms with E-state index in [0.29, 0.717) is 11.7 Å². The molecule has 1 aliphatic heterocycles. The Balaban J connectivity index is 2.19. The third-order valence-electron chi connectivity index (χ3n) is 4.96. The topological polar surface area (TPSA) is 40.5 Å². The molecule has 0 N–H and O–H groups in total. The van der Waals surface area contributed by atoms with E-state index in [1.54, 1.807) is 6.07 Å². The van der Waals surface area contributed by atoms with Gasteiger partial charge in [0.05, 0.1) is 12.3 Å². The SMILES string of the molecule is CCCCC(CC)Cn1ccc(=O)c(OC2CCCCO2)c1CC. The second kappa shape index (κ2) is 9.87. The van der Waals surface area contributed by atoms with E-state index in [9.17, 15) is 4.79 Å². The maximum absolute atomic E-state index is 12.4. The number of pyridine rings is 1. The minimum absolute atomic E-state index is 0.0288. The average molecular weight is 335 g/mol. The molecular weight excluding hydrogens is 302 g/mol. The number of hydrogen-bond donors (Lipinski definition) is 0. The van der Waals surface area contributed by atoms with Gasteiger partial charge in [-0.1, -0.05) is 40.0 Å². The number of unbranched alkanes of at least 4 members (excludes halogenated alkanes) is 1. The Morgan fingerprint density at radius 2 is 2.17 bits per heavy atom. The van der Waals surface area contributed by atoms with Crippen LogP contribution in [0, 0.1) is 5.92 Å². The van der Waals surface area contributed by atoms with Crippen LogP contribution in [-0.2, 0) is 17.7 Å². The second-order valence-electron chi connectivity index (χ2n) is 6.79. The Kier molecular flexibility index (Phi) is 7.83. The molecule has 4 nitrogen and oxygen atoms in total. The molecule has 136 valence electrons. The fraction of sp³-hybridized carbons (Fsp3) is 0.750. The first-order chi connectivity index (χ1) is 11.7. The highest BCUT2D eigenvalue weighted by atomic mass is 16.7. The van der Waals surface area contributed by atoms with Gasteiger partial charge >= 0.3 is 0 Å². The van der Waals surface area contributed by atoms with Crippen LogP contribution in [0.5, 0.6) is 5.75 Å². The standard InChI is InChI=1S/C20H33NO3/c1-4-7-10-16(5-2)15-21-13-12-18(22)20(17(21)6-3)24-19-11-8-9-14-23-19/h12-13,16,19H,4-11,14-15H2,1-3H3. The van der Waals surface area contributed by atoms with Crippen molar-refractivity contribution in [1.29, 1.82) is 0 Å². The van der Waals surface area contributed by atoms with Crippen molar-refractivity contribution in [2.24, 2.45) is 5.92 Å². The molecule has 0 amide bonds. The molecule has 1 aromatic rings. The van der Waals surface area contributed by atoms with E-state index < -0.39 is 0 Å². The normalized spacial score (nSPS) is 19.2. The van der Waals surface area contributed by atoms with Crippen LogP contribution in [0.1, 0.15) is 71.4 Å². The Morgan fingerprint density at radius 3 is 2.79 bits per heavy atom. The van der Waals surface area contributed by atoms with Crippen LogP contribution in [0.15, 0.2) is 17.1 Å². The predicted octanol–water partition coefficient (Wildman–Crippen LogP) is 4.53. The van der Waals surface area contributed by atoms with E-state index in [0.717, 1.165) is 50.9 Å². The fourth-order valence-corrected chi connectivity index (χ4v) is 3.39. The van der Waals surface area contributed by atoms with Crippen molar-refractivity contribution in [3.05, 3.63) is 28.2 Å². The highest BCUT2D eigenvalue weighted by Crippen LogP contribution is 2.23. The van der Waals surface area contributed by atoms with Crippen molar-refractivity contribution in [3.63, 3.8) is 0 Å². The van der Waals surface area contributed by atoms with Gasteiger partial charge in [0, 0.05) is 25.2 Å². The van der Waals surface area contributed by atoms with Gasteiger partial charge in [0.2, 0.25) is 5.43 Å². The van der Waals surface area contributed by atoms with Crippen molar-refractivity contribution >= 4 is 0 Å². The molecule has 1 aliphatic rings. The maximum Gasteiger partial charge on any atom is 0.223 e. The van der Waals surface area contributed by atoms with Crippen LogP contribution in [0.3, 0.4) is 0 Å². The summed E-state index contributed by atoms with van der Waals surface area (Å²) in [6, 6.07) is 1.64. The lowest BCUT2D eigenvalue weighted by Crippen LogP contribution is -2.29. The monoisotopic (exact) mass is 335 g/mol. The highest BCUT2D eigenvalue weighted by Gasteiger charge is 2.20. The average Bonchev–Trinajstić information content (AvgIpc) is 2.62. The van der Waals surface area contributed by atoms with Gasteiger partial charge in [-0.25, -0.2) is 0 Å². The number of ether oxygens (including phenoxy) is 2. The van der Waals surface area contributed by atoms with E-state index in [1.807, 2.05) is 6.20 Å². The van der Waals surface area contributed by atoms with E-state index >= 15 is 0 Å². The molecule has 1 fully saturated rings. The zero-order valence-electron chi connectivity index (χ0n) is 15.6. The van der Waals surface area contributed by atoms with Gasteiger partial charge in [0.15, 0.2) is 12.0 Å². The van der Waals surface area contributed by atoms with Gasteiger partial charge in [-0.3, -0.25) is 4.79 Å². The third-order valence-corrected chi connectivity index (χ3v) is 4.96. The molecule has 2 heterocycles. The first kappa shape index (κ1) is 19.0. The van der Waals surface area contributed by atoms with Gasteiger partial charge < -0.3 is 14.0 Å². The van der Waals surface area contributed by atoms with E-state index in [-0.39, 0.29) is 11.7 Å². The first-order valence-electron chi connectivity index (χ1n) is 9.70.